The average Bonchev–Trinajstić information content (AvgIpc) is 3.54. The van der Waals surface area contributed by atoms with Crippen LogP contribution in [0.15, 0.2) is 188 Å². The van der Waals surface area contributed by atoms with Crippen LogP contribution in [0, 0.1) is 20.8 Å². The highest BCUT2D eigenvalue weighted by atomic mass is 15.0. The Morgan fingerprint density at radius 3 is 1.14 bits per heavy atom. The molecule has 0 bridgehead atoms. The Morgan fingerprint density at radius 2 is 0.649 bits per heavy atom. The molecule has 10 aromatic rings. The van der Waals surface area contributed by atoms with Crippen LogP contribution in [0.5, 0.6) is 0 Å². The summed E-state index contributed by atoms with van der Waals surface area (Å²) >= 11 is 0. The lowest BCUT2D eigenvalue weighted by Gasteiger charge is -2.19. The molecule has 9 aromatic carbocycles. The fraction of sp³-hybridized carbons (Fsp3) is 0.0714. The van der Waals surface area contributed by atoms with E-state index >= 15 is 0 Å². The third kappa shape index (κ3) is 6.04. The highest BCUT2D eigenvalue weighted by Gasteiger charge is 2.21. The minimum Gasteiger partial charge on any atom is -0.343 e. The lowest BCUT2D eigenvalue weighted by atomic mass is 9.84. The van der Waals surface area contributed by atoms with Crippen molar-refractivity contribution < 1.29 is 0 Å². The van der Waals surface area contributed by atoms with E-state index in [1.165, 1.54) is 116 Å². The zero-order chi connectivity index (χ0) is 38.6. The summed E-state index contributed by atoms with van der Waals surface area (Å²) in [6.45, 7) is 6.45. The van der Waals surface area contributed by atoms with Crippen LogP contribution >= 0.6 is 0 Å². The highest BCUT2D eigenvalue weighted by molar-refractivity contribution is 6.22. The van der Waals surface area contributed by atoms with Crippen LogP contribution in [0.25, 0.3) is 99.3 Å². The Kier molecular flexibility index (Phi) is 8.46. The fourth-order valence-corrected chi connectivity index (χ4v) is 8.84. The van der Waals surface area contributed by atoms with E-state index in [2.05, 4.69) is 220 Å². The molecule has 0 fully saturated rings. The summed E-state index contributed by atoms with van der Waals surface area (Å²) < 4.78 is 2.39. The smallest absolute Gasteiger partial charge is 0.0568 e. The van der Waals surface area contributed by atoms with E-state index in [0.29, 0.717) is 0 Å². The van der Waals surface area contributed by atoms with Gasteiger partial charge in [0, 0.05) is 23.5 Å². The van der Waals surface area contributed by atoms with Crippen LogP contribution in [0.1, 0.15) is 16.7 Å². The van der Waals surface area contributed by atoms with Crippen LogP contribution < -0.4 is 0 Å². The van der Waals surface area contributed by atoms with Gasteiger partial charge in [0.1, 0.15) is 0 Å². The molecule has 1 aromatic heterocycles. The van der Waals surface area contributed by atoms with Gasteiger partial charge in [-0.05, 0) is 116 Å². The molecule has 0 saturated carbocycles. The molecule has 0 N–H and O–H groups in total. The zero-order valence-corrected chi connectivity index (χ0v) is 32.8. The average molecular weight is 730 g/mol. The molecule has 1 nitrogen and oxygen atoms in total. The van der Waals surface area contributed by atoms with Crippen molar-refractivity contribution in [3.05, 3.63) is 205 Å². The summed E-state index contributed by atoms with van der Waals surface area (Å²) in [4.78, 5) is 0. The molecule has 0 atom stereocenters. The number of nitrogens with zero attached hydrogens (tertiary/aromatic N) is 1. The minimum absolute atomic E-state index is 1.20. The molecule has 0 unspecified atom stereocenters. The largest absolute Gasteiger partial charge is 0.343 e. The van der Waals surface area contributed by atoms with Gasteiger partial charge in [-0.3, -0.25) is 0 Å². The second kappa shape index (κ2) is 14.0. The van der Waals surface area contributed by atoms with Crippen molar-refractivity contribution in [1.82, 2.24) is 4.57 Å². The molecule has 57 heavy (non-hydrogen) atoms. The van der Waals surface area contributed by atoms with E-state index in [1.54, 1.807) is 0 Å². The molecule has 0 aliphatic carbocycles. The number of aromatic nitrogens is 1. The van der Waals surface area contributed by atoms with Crippen molar-refractivity contribution in [2.24, 2.45) is 7.05 Å². The van der Waals surface area contributed by atoms with Crippen molar-refractivity contribution in [3.63, 3.8) is 0 Å². The Morgan fingerprint density at radius 1 is 0.281 bits per heavy atom. The normalized spacial score (nSPS) is 11.5. The molecular weight excluding hydrogens is 687 g/mol. The van der Waals surface area contributed by atoms with Gasteiger partial charge in [-0.1, -0.05) is 187 Å². The maximum atomic E-state index is 2.43. The van der Waals surface area contributed by atoms with Gasteiger partial charge >= 0.3 is 0 Å². The van der Waals surface area contributed by atoms with Gasteiger partial charge < -0.3 is 4.57 Å². The summed E-state index contributed by atoms with van der Waals surface area (Å²) in [6.07, 6.45) is 0. The quantitative estimate of drug-likeness (QED) is 0.150. The van der Waals surface area contributed by atoms with Crippen LogP contribution in [-0.2, 0) is 7.05 Å². The first-order chi connectivity index (χ1) is 27.9. The molecule has 0 radical (unpaired) electrons. The summed E-state index contributed by atoms with van der Waals surface area (Å²) in [5.74, 6) is 0. The maximum absolute atomic E-state index is 2.43. The summed E-state index contributed by atoms with van der Waals surface area (Å²) in [7, 11) is 2.22. The number of hydrogen-bond donors (Lipinski definition) is 0. The lowest BCUT2D eigenvalue weighted by molar-refractivity contribution is 0.979. The monoisotopic (exact) mass is 729 g/mol. The van der Waals surface area contributed by atoms with Gasteiger partial charge in [0.2, 0.25) is 0 Å². The number of fused-ring (bicyclic) bond motifs is 3. The van der Waals surface area contributed by atoms with Crippen molar-refractivity contribution in [2.45, 2.75) is 20.8 Å². The van der Waals surface area contributed by atoms with Crippen molar-refractivity contribution in [2.75, 3.05) is 0 Å². The lowest BCUT2D eigenvalue weighted by Crippen LogP contribution is -1.93. The molecular formula is C56H43N. The molecule has 1 heteroatoms. The molecule has 0 aliphatic heterocycles. The van der Waals surface area contributed by atoms with E-state index in [-0.39, 0.29) is 0 Å². The molecule has 1 heterocycles. The first-order valence-electron chi connectivity index (χ1n) is 19.9. The zero-order valence-electron chi connectivity index (χ0n) is 32.8. The van der Waals surface area contributed by atoms with E-state index in [4.69, 9.17) is 0 Å². The van der Waals surface area contributed by atoms with Crippen molar-refractivity contribution >= 4 is 32.4 Å². The first kappa shape index (κ1) is 34.5. The van der Waals surface area contributed by atoms with Crippen molar-refractivity contribution in [3.8, 4) is 66.9 Å². The summed E-state index contributed by atoms with van der Waals surface area (Å²) in [5.41, 5.74) is 19.8. The second-order valence-electron chi connectivity index (χ2n) is 15.6. The summed E-state index contributed by atoms with van der Waals surface area (Å²) in [5, 5.41) is 6.27. The van der Waals surface area contributed by atoms with Gasteiger partial charge in [-0.2, -0.15) is 0 Å². The van der Waals surface area contributed by atoms with Crippen LogP contribution in [-0.4, -0.2) is 4.57 Å². The molecule has 0 amide bonds. The third-order valence-corrected chi connectivity index (χ3v) is 11.8. The van der Waals surface area contributed by atoms with Gasteiger partial charge in [0.05, 0.1) is 5.69 Å². The predicted octanol–water partition coefficient (Wildman–Crippen LogP) is 15.4. The number of benzene rings is 9. The van der Waals surface area contributed by atoms with Gasteiger partial charge in [-0.15, -0.1) is 0 Å². The molecule has 10 rings (SSSR count). The molecule has 272 valence electrons. The van der Waals surface area contributed by atoms with Gasteiger partial charge in [-0.25, -0.2) is 0 Å². The van der Waals surface area contributed by atoms with E-state index in [0.717, 1.165) is 0 Å². The van der Waals surface area contributed by atoms with Crippen LogP contribution in [0.2, 0.25) is 0 Å². The predicted molar refractivity (Wildman–Crippen MR) is 245 cm³/mol. The third-order valence-electron chi connectivity index (χ3n) is 11.8. The van der Waals surface area contributed by atoms with E-state index in [9.17, 15) is 0 Å². The minimum atomic E-state index is 1.20. The first-order valence-corrected chi connectivity index (χ1v) is 19.9. The van der Waals surface area contributed by atoms with Crippen molar-refractivity contribution in [1.29, 1.82) is 0 Å². The topological polar surface area (TPSA) is 4.93 Å². The Balaban J connectivity index is 1.23. The Labute approximate surface area is 335 Å². The Hall–Kier alpha value is -6.96. The van der Waals surface area contributed by atoms with Crippen LogP contribution in [0.3, 0.4) is 0 Å². The standard InChI is InChI=1S/C56H43N/c1-36-15-21-39(22-16-36)44-27-30-47-50(33-44)53(40-11-7-5-8-12-40)48-31-28-45(34-51(48)54(47)41-13-9-6-10-14-41)46-29-32-49-52(35-46)57(4)56(43-25-19-38(3)20-26-43)55(49)42-23-17-37(2)18-24-42/h5-35H,1-4H3. The fourth-order valence-electron chi connectivity index (χ4n) is 8.84. The Bertz CT molecular complexity index is 3090. The molecule has 0 spiro atoms. The number of rotatable bonds is 6. The van der Waals surface area contributed by atoms with E-state index in [1.807, 2.05) is 0 Å². The number of hydrogen-bond acceptors (Lipinski definition) is 0. The van der Waals surface area contributed by atoms with E-state index < -0.39 is 0 Å². The highest BCUT2D eigenvalue weighted by Crippen LogP contribution is 2.47. The van der Waals surface area contributed by atoms with Gasteiger partial charge in [0.25, 0.3) is 0 Å². The second-order valence-corrected chi connectivity index (χ2v) is 15.6. The summed E-state index contributed by atoms with van der Waals surface area (Å²) in [6, 6.07) is 69.9. The maximum Gasteiger partial charge on any atom is 0.0568 e. The van der Waals surface area contributed by atoms with Gasteiger partial charge in [0.15, 0.2) is 0 Å². The number of aryl methyl sites for hydroxylation is 4. The SMILES string of the molecule is Cc1ccc(-c2ccc3c(-c4ccccc4)c4cc(-c5ccc6c(-c7ccc(C)cc7)c(-c7ccc(C)cc7)n(C)c6c5)ccc4c(-c4ccccc4)c3c2)cc1. The molecule has 0 aliphatic rings. The van der Waals surface area contributed by atoms with Crippen LogP contribution in [0.4, 0.5) is 0 Å². The molecule has 0 saturated heterocycles.